The van der Waals surface area contributed by atoms with Gasteiger partial charge in [0.15, 0.2) is 0 Å². The van der Waals surface area contributed by atoms with Gasteiger partial charge in [0.25, 0.3) is 0 Å². The van der Waals surface area contributed by atoms with E-state index in [1.807, 2.05) is 14.1 Å². The maximum atomic E-state index is 11.4. The Morgan fingerprint density at radius 3 is 2.41 bits per heavy atom. The minimum absolute atomic E-state index is 0.308. The SMILES string of the molecule is CNC(=O)NC(=O)C(C)NCCCCN(C)C. The van der Waals surface area contributed by atoms with Crippen LogP contribution in [0.5, 0.6) is 0 Å². The van der Waals surface area contributed by atoms with Crippen LogP contribution in [-0.2, 0) is 4.79 Å². The normalized spacial score (nSPS) is 12.3. The van der Waals surface area contributed by atoms with E-state index in [9.17, 15) is 9.59 Å². The van der Waals surface area contributed by atoms with E-state index in [0.29, 0.717) is 0 Å². The standard InChI is InChI=1S/C11H24N4O2/c1-9(10(16)14-11(17)12-2)13-7-5-6-8-15(3)4/h9,13H,5-8H2,1-4H3,(H2,12,14,16,17). The smallest absolute Gasteiger partial charge is 0.321 e. The number of hydrogen-bond acceptors (Lipinski definition) is 4. The van der Waals surface area contributed by atoms with E-state index in [2.05, 4.69) is 20.9 Å². The Labute approximate surface area is 103 Å². The molecular formula is C11H24N4O2. The van der Waals surface area contributed by atoms with Crippen molar-refractivity contribution in [1.29, 1.82) is 0 Å². The lowest BCUT2D eigenvalue weighted by Crippen LogP contribution is -2.47. The maximum Gasteiger partial charge on any atom is 0.321 e. The van der Waals surface area contributed by atoms with Crippen molar-refractivity contribution in [2.45, 2.75) is 25.8 Å². The Kier molecular flexibility index (Phi) is 8.35. The number of rotatable bonds is 7. The molecular weight excluding hydrogens is 220 g/mol. The molecule has 0 aromatic carbocycles. The van der Waals surface area contributed by atoms with Crippen LogP contribution in [-0.4, -0.2) is 57.1 Å². The Hall–Kier alpha value is -1.14. The van der Waals surface area contributed by atoms with Gasteiger partial charge in [-0.2, -0.15) is 0 Å². The molecule has 0 radical (unpaired) electrons. The number of carbonyl (C=O) groups excluding carboxylic acids is 2. The van der Waals surface area contributed by atoms with Crippen molar-refractivity contribution in [1.82, 2.24) is 20.9 Å². The summed E-state index contributed by atoms with van der Waals surface area (Å²) in [5.74, 6) is -0.308. The fourth-order valence-corrected chi connectivity index (χ4v) is 1.25. The highest BCUT2D eigenvalue weighted by Crippen LogP contribution is 1.90. The molecule has 3 N–H and O–H groups in total. The third-order valence-corrected chi connectivity index (χ3v) is 2.34. The van der Waals surface area contributed by atoms with Gasteiger partial charge in [0.1, 0.15) is 0 Å². The molecule has 0 aliphatic carbocycles. The molecule has 1 atom stereocenters. The summed E-state index contributed by atoms with van der Waals surface area (Å²) in [5, 5.41) is 7.64. The lowest BCUT2D eigenvalue weighted by Gasteiger charge is -2.14. The van der Waals surface area contributed by atoms with Crippen molar-refractivity contribution in [3.63, 3.8) is 0 Å². The summed E-state index contributed by atoms with van der Waals surface area (Å²) in [6, 6.07) is -0.831. The van der Waals surface area contributed by atoms with E-state index in [0.717, 1.165) is 25.9 Å². The van der Waals surface area contributed by atoms with Crippen LogP contribution in [0, 0.1) is 0 Å². The molecule has 0 bridgehead atoms. The Morgan fingerprint density at radius 2 is 1.88 bits per heavy atom. The van der Waals surface area contributed by atoms with Gasteiger partial charge in [-0.25, -0.2) is 4.79 Å². The van der Waals surface area contributed by atoms with Crippen molar-refractivity contribution in [3.8, 4) is 0 Å². The number of urea groups is 1. The number of unbranched alkanes of at least 4 members (excludes halogenated alkanes) is 1. The molecule has 0 rings (SSSR count). The molecule has 6 nitrogen and oxygen atoms in total. The molecule has 0 saturated carbocycles. The van der Waals surface area contributed by atoms with Crippen LogP contribution in [0.4, 0.5) is 4.79 Å². The van der Waals surface area contributed by atoms with Crippen molar-refractivity contribution in [2.75, 3.05) is 34.2 Å². The molecule has 17 heavy (non-hydrogen) atoms. The summed E-state index contributed by atoms with van der Waals surface area (Å²) in [5.41, 5.74) is 0. The van der Waals surface area contributed by atoms with Gasteiger partial charge >= 0.3 is 6.03 Å². The van der Waals surface area contributed by atoms with E-state index in [4.69, 9.17) is 0 Å². The van der Waals surface area contributed by atoms with Crippen LogP contribution in [0.1, 0.15) is 19.8 Å². The van der Waals surface area contributed by atoms with E-state index in [-0.39, 0.29) is 11.9 Å². The Bertz CT molecular complexity index is 244. The van der Waals surface area contributed by atoms with Crippen LogP contribution >= 0.6 is 0 Å². The number of nitrogens with one attached hydrogen (secondary N) is 3. The van der Waals surface area contributed by atoms with Crippen molar-refractivity contribution >= 4 is 11.9 Å². The zero-order valence-electron chi connectivity index (χ0n) is 11.2. The van der Waals surface area contributed by atoms with Gasteiger partial charge in [-0.3, -0.25) is 10.1 Å². The molecule has 6 heteroatoms. The van der Waals surface area contributed by atoms with Crippen molar-refractivity contribution in [2.24, 2.45) is 0 Å². The first-order valence-corrected chi connectivity index (χ1v) is 5.88. The monoisotopic (exact) mass is 244 g/mol. The van der Waals surface area contributed by atoms with E-state index in [1.54, 1.807) is 6.92 Å². The van der Waals surface area contributed by atoms with Gasteiger partial charge in [-0.1, -0.05) is 0 Å². The highest BCUT2D eigenvalue weighted by molar-refractivity contribution is 5.96. The molecule has 0 saturated heterocycles. The van der Waals surface area contributed by atoms with E-state index < -0.39 is 6.03 Å². The van der Waals surface area contributed by atoms with E-state index in [1.165, 1.54) is 7.05 Å². The fourth-order valence-electron chi connectivity index (χ4n) is 1.25. The minimum Gasteiger partial charge on any atom is -0.341 e. The second-order valence-corrected chi connectivity index (χ2v) is 4.25. The third kappa shape index (κ3) is 8.65. The highest BCUT2D eigenvalue weighted by atomic mass is 16.2. The highest BCUT2D eigenvalue weighted by Gasteiger charge is 2.13. The number of imide groups is 1. The van der Waals surface area contributed by atoms with Gasteiger partial charge < -0.3 is 15.5 Å². The van der Waals surface area contributed by atoms with Crippen LogP contribution in [0.25, 0.3) is 0 Å². The topological polar surface area (TPSA) is 73.5 Å². The number of nitrogens with zero attached hydrogens (tertiary/aromatic N) is 1. The number of amides is 3. The third-order valence-electron chi connectivity index (χ3n) is 2.34. The van der Waals surface area contributed by atoms with Crippen LogP contribution < -0.4 is 16.0 Å². The van der Waals surface area contributed by atoms with Crippen LogP contribution in [0.15, 0.2) is 0 Å². The summed E-state index contributed by atoms with van der Waals surface area (Å²) in [4.78, 5) is 24.5. The molecule has 0 aliphatic heterocycles. The summed E-state index contributed by atoms with van der Waals surface area (Å²) < 4.78 is 0. The maximum absolute atomic E-state index is 11.4. The largest absolute Gasteiger partial charge is 0.341 e. The molecule has 1 unspecified atom stereocenters. The van der Waals surface area contributed by atoms with Crippen LogP contribution in [0.2, 0.25) is 0 Å². The van der Waals surface area contributed by atoms with Crippen molar-refractivity contribution < 1.29 is 9.59 Å². The number of carbonyl (C=O) groups is 2. The lowest BCUT2D eigenvalue weighted by atomic mass is 10.2. The molecule has 0 aromatic heterocycles. The average molecular weight is 244 g/mol. The lowest BCUT2D eigenvalue weighted by molar-refractivity contribution is -0.121. The summed E-state index contributed by atoms with van der Waals surface area (Å²) >= 11 is 0. The predicted octanol–water partition coefficient (Wildman–Crippen LogP) is -0.238. The first-order chi connectivity index (χ1) is 7.97. The summed E-state index contributed by atoms with van der Waals surface area (Å²) in [6.07, 6.45) is 2.10. The minimum atomic E-state index is -0.476. The molecule has 0 aromatic rings. The second-order valence-electron chi connectivity index (χ2n) is 4.25. The van der Waals surface area contributed by atoms with Gasteiger partial charge in [0, 0.05) is 7.05 Å². The average Bonchev–Trinajstić information content (AvgIpc) is 2.27. The summed E-state index contributed by atoms with van der Waals surface area (Å²) in [6.45, 7) is 3.56. The molecule has 100 valence electrons. The van der Waals surface area contributed by atoms with Gasteiger partial charge in [-0.15, -0.1) is 0 Å². The molecule has 0 fully saturated rings. The molecule has 0 heterocycles. The van der Waals surface area contributed by atoms with Gasteiger partial charge in [0.2, 0.25) is 5.91 Å². The second kappa shape index (κ2) is 8.95. The van der Waals surface area contributed by atoms with Gasteiger partial charge in [-0.05, 0) is 47.0 Å². The number of hydrogen-bond donors (Lipinski definition) is 3. The predicted molar refractivity (Wildman–Crippen MR) is 67.9 cm³/mol. The Balaban J connectivity index is 3.60. The summed E-state index contributed by atoms with van der Waals surface area (Å²) in [7, 11) is 5.54. The van der Waals surface area contributed by atoms with E-state index >= 15 is 0 Å². The molecule has 0 spiro atoms. The van der Waals surface area contributed by atoms with Crippen LogP contribution in [0.3, 0.4) is 0 Å². The first kappa shape index (κ1) is 15.9. The van der Waals surface area contributed by atoms with Crippen molar-refractivity contribution in [3.05, 3.63) is 0 Å². The molecule has 3 amide bonds. The Morgan fingerprint density at radius 1 is 1.24 bits per heavy atom. The zero-order valence-corrected chi connectivity index (χ0v) is 11.2. The van der Waals surface area contributed by atoms with Gasteiger partial charge in [0.05, 0.1) is 6.04 Å². The fraction of sp³-hybridized carbons (Fsp3) is 0.818. The quantitative estimate of drug-likeness (QED) is 0.541. The first-order valence-electron chi connectivity index (χ1n) is 5.88. The molecule has 0 aliphatic rings. The zero-order chi connectivity index (χ0) is 13.3.